The first-order chi connectivity index (χ1) is 14.9. The van der Waals surface area contributed by atoms with Crippen molar-refractivity contribution in [3.05, 3.63) is 29.0 Å². The van der Waals surface area contributed by atoms with Crippen LogP contribution in [-0.4, -0.2) is 71.5 Å². The van der Waals surface area contributed by atoms with Gasteiger partial charge >= 0.3 is 0 Å². The normalized spacial score (nSPS) is 17.5. The first-order valence-electron chi connectivity index (χ1n) is 11.7. The summed E-state index contributed by atoms with van der Waals surface area (Å²) in [7, 11) is 0. The molecule has 168 valence electrons. The van der Waals surface area contributed by atoms with E-state index in [0.717, 1.165) is 74.7 Å². The zero-order valence-corrected chi connectivity index (χ0v) is 19.7. The molecule has 0 unspecified atom stereocenters. The third kappa shape index (κ3) is 5.47. The number of fused-ring (bicyclic) bond motifs is 1. The second kappa shape index (κ2) is 9.70. The van der Waals surface area contributed by atoms with Gasteiger partial charge < -0.3 is 14.7 Å². The van der Waals surface area contributed by atoms with Crippen LogP contribution in [0, 0.1) is 5.92 Å². The van der Waals surface area contributed by atoms with Crippen LogP contribution in [0.15, 0.2) is 18.2 Å². The molecule has 6 nitrogen and oxygen atoms in total. The van der Waals surface area contributed by atoms with Crippen molar-refractivity contribution >= 4 is 34.2 Å². The fraction of sp³-hybridized carbons (Fsp3) is 0.625. The van der Waals surface area contributed by atoms with Gasteiger partial charge in [0.1, 0.15) is 11.6 Å². The average Bonchev–Trinajstić information content (AvgIpc) is 3.60. The average molecular weight is 444 g/mol. The maximum absolute atomic E-state index is 12.9. The molecule has 0 N–H and O–H groups in total. The van der Waals surface area contributed by atoms with Crippen molar-refractivity contribution in [2.75, 3.05) is 50.7 Å². The van der Waals surface area contributed by atoms with Gasteiger partial charge in [-0.1, -0.05) is 32.4 Å². The van der Waals surface area contributed by atoms with Crippen LogP contribution in [0.2, 0.25) is 5.02 Å². The van der Waals surface area contributed by atoms with E-state index in [0.29, 0.717) is 29.8 Å². The fourth-order valence-electron chi connectivity index (χ4n) is 4.30. The van der Waals surface area contributed by atoms with Crippen LogP contribution in [0.3, 0.4) is 0 Å². The summed E-state index contributed by atoms with van der Waals surface area (Å²) in [6.07, 6.45) is 2.81. The minimum Gasteiger partial charge on any atom is -0.355 e. The van der Waals surface area contributed by atoms with Gasteiger partial charge in [-0.15, -0.1) is 0 Å². The van der Waals surface area contributed by atoms with Crippen LogP contribution in [0.5, 0.6) is 0 Å². The van der Waals surface area contributed by atoms with Crippen molar-refractivity contribution in [3.63, 3.8) is 0 Å². The van der Waals surface area contributed by atoms with Crippen molar-refractivity contribution in [2.24, 2.45) is 5.92 Å². The summed E-state index contributed by atoms with van der Waals surface area (Å²) in [6.45, 7) is 12.8. The second-order valence-corrected chi connectivity index (χ2v) is 9.68. The summed E-state index contributed by atoms with van der Waals surface area (Å²) in [4.78, 5) is 29.4. The van der Waals surface area contributed by atoms with Gasteiger partial charge in [-0.05, 0) is 43.5 Å². The molecule has 2 aliphatic rings. The van der Waals surface area contributed by atoms with E-state index in [4.69, 9.17) is 21.6 Å². The Hall–Kier alpha value is -1.92. The maximum atomic E-state index is 12.9. The van der Waals surface area contributed by atoms with Gasteiger partial charge in [0.05, 0.1) is 5.52 Å². The number of benzene rings is 1. The molecule has 31 heavy (non-hydrogen) atoms. The number of rotatable bonds is 8. The highest BCUT2D eigenvalue weighted by Crippen LogP contribution is 2.40. The number of anilines is 1. The lowest BCUT2D eigenvalue weighted by Gasteiger charge is -2.35. The summed E-state index contributed by atoms with van der Waals surface area (Å²) in [5.74, 6) is 3.03. The molecule has 1 aromatic carbocycles. The Balaban J connectivity index is 1.55. The van der Waals surface area contributed by atoms with E-state index in [-0.39, 0.29) is 5.91 Å². The lowest BCUT2D eigenvalue weighted by Crippen LogP contribution is -2.49. The van der Waals surface area contributed by atoms with Crippen molar-refractivity contribution in [2.45, 2.75) is 46.0 Å². The number of nitrogens with zero attached hydrogens (tertiary/aromatic N) is 5. The van der Waals surface area contributed by atoms with E-state index in [1.807, 2.05) is 23.1 Å². The zero-order chi connectivity index (χ0) is 22.0. The monoisotopic (exact) mass is 443 g/mol. The molecule has 0 spiro atoms. The van der Waals surface area contributed by atoms with Crippen molar-refractivity contribution < 1.29 is 4.79 Å². The molecule has 1 saturated carbocycles. The molecular weight excluding hydrogens is 410 g/mol. The Morgan fingerprint density at radius 3 is 2.58 bits per heavy atom. The van der Waals surface area contributed by atoms with E-state index in [1.54, 1.807) is 0 Å². The number of carbonyl (C=O) groups is 1. The SMILES string of the molecule is CCN1CCN(C(=O)CCN(CC(C)C)c2nc(C3CC3)nc3cc(Cl)ccc23)CC1. The predicted octanol–water partition coefficient (Wildman–Crippen LogP) is 4.18. The van der Waals surface area contributed by atoms with E-state index < -0.39 is 0 Å². The molecule has 7 heteroatoms. The molecular formula is C24H34ClN5O. The Morgan fingerprint density at radius 1 is 1.19 bits per heavy atom. The molecule has 0 bridgehead atoms. The van der Waals surface area contributed by atoms with Gasteiger partial charge in [0.15, 0.2) is 0 Å². The lowest BCUT2D eigenvalue weighted by molar-refractivity contribution is -0.132. The Kier molecular flexibility index (Phi) is 6.97. The number of halogens is 1. The van der Waals surface area contributed by atoms with Crippen LogP contribution >= 0.6 is 11.6 Å². The molecule has 0 atom stereocenters. The van der Waals surface area contributed by atoms with E-state index in [2.05, 4.69) is 30.6 Å². The first kappa shape index (κ1) is 22.3. The third-order valence-electron chi connectivity index (χ3n) is 6.25. The third-order valence-corrected chi connectivity index (χ3v) is 6.49. The van der Waals surface area contributed by atoms with Crippen LogP contribution in [0.1, 0.15) is 51.8 Å². The molecule has 2 aromatic rings. The minimum absolute atomic E-state index is 0.244. The smallest absolute Gasteiger partial charge is 0.224 e. The molecule has 1 aliphatic carbocycles. The maximum Gasteiger partial charge on any atom is 0.224 e. The van der Waals surface area contributed by atoms with Gasteiger partial charge in [0, 0.05) is 62.0 Å². The van der Waals surface area contributed by atoms with Gasteiger partial charge in [-0.3, -0.25) is 4.79 Å². The van der Waals surface area contributed by atoms with Crippen LogP contribution in [0.4, 0.5) is 5.82 Å². The topological polar surface area (TPSA) is 52.6 Å². The molecule has 1 amide bonds. The van der Waals surface area contributed by atoms with E-state index >= 15 is 0 Å². The zero-order valence-electron chi connectivity index (χ0n) is 19.0. The number of hydrogen-bond donors (Lipinski definition) is 0. The molecule has 1 saturated heterocycles. The molecule has 1 aliphatic heterocycles. The van der Waals surface area contributed by atoms with Gasteiger partial charge in [-0.2, -0.15) is 0 Å². The van der Waals surface area contributed by atoms with Gasteiger partial charge in [0.25, 0.3) is 0 Å². The quantitative estimate of drug-likeness (QED) is 0.612. The standard InChI is InChI=1S/C24H34ClN5O/c1-4-28-11-13-29(14-12-28)22(31)9-10-30(16-17(2)3)24-20-8-7-19(25)15-21(20)26-23(27-24)18-5-6-18/h7-8,15,17-18H,4-6,9-14,16H2,1-3H3. The number of likely N-dealkylation sites (N-methyl/N-ethyl adjacent to an activating group) is 1. The predicted molar refractivity (Wildman–Crippen MR) is 127 cm³/mol. The molecule has 1 aromatic heterocycles. The summed E-state index contributed by atoms with van der Waals surface area (Å²) >= 11 is 6.26. The summed E-state index contributed by atoms with van der Waals surface area (Å²) in [6, 6.07) is 5.85. The lowest BCUT2D eigenvalue weighted by atomic mass is 10.1. The summed E-state index contributed by atoms with van der Waals surface area (Å²) in [5, 5.41) is 1.70. The Morgan fingerprint density at radius 2 is 1.94 bits per heavy atom. The Bertz CT molecular complexity index is 922. The molecule has 2 fully saturated rings. The molecule has 0 radical (unpaired) electrons. The van der Waals surface area contributed by atoms with Crippen molar-refractivity contribution in [3.8, 4) is 0 Å². The highest BCUT2D eigenvalue weighted by atomic mass is 35.5. The highest BCUT2D eigenvalue weighted by molar-refractivity contribution is 6.31. The number of piperazine rings is 1. The second-order valence-electron chi connectivity index (χ2n) is 9.25. The number of carbonyl (C=O) groups excluding carboxylic acids is 1. The summed E-state index contributed by atoms with van der Waals surface area (Å²) < 4.78 is 0. The number of aromatic nitrogens is 2. The number of amides is 1. The van der Waals surface area contributed by atoms with Crippen molar-refractivity contribution in [1.29, 1.82) is 0 Å². The van der Waals surface area contributed by atoms with Crippen LogP contribution < -0.4 is 4.90 Å². The fourth-order valence-corrected chi connectivity index (χ4v) is 4.46. The molecule has 4 rings (SSSR count). The first-order valence-corrected chi connectivity index (χ1v) is 12.0. The van der Waals surface area contributed by atoms with Crippen molar-refractivity contribution in [1.82, 2.24) is 19.8 Å². The Labute approximate surface area is 190 Å². The van der Waals surface area contributed by atoms with E-state index in [1.165, 1.54) is 0 Å². The highest BCUT2D eigenvalue weighted by Gasteiger charge is 2.29. The van der Waals surface area contributed by atoms with E-state index in [9.17, 15) is 4.79 Å². The van der Waals surface area contributed by atoms with Gasteiger partial charge in [-0.25, -0.2) is 9.97 Å². The van der Waals surface area contributed by atoms with Crippen LogP contribution in [0.25, 0.3) is 10.9 Å². The van der Waals surface area contributed by atoms with Gasteiger partial charge in [0.2, 0.25) is 5.91 Å². The number of hydrogen-bond acceptors (Lipinski definition) is 5. The largest absolute Gasteiger partial charge is 0.355 e. The van der Waals surface area contributed by atoms with Crippen LogP contribution in [-0.2, 0) is 4.79 Å². The molecule has 2 heterocycles. The minimum atomic E-state index is 0.244. The summed E-state index contributed by atoms with van der Waals surface area (Å²) in [5.41, 5.74) is 0.898.